The maximum Gasteiger partial charge on any atom is 0.396 e. The molecule has 2 aliphatic rings. The lowest BCUT2D eigenvalue weighted by Gasteiger charge is -2.46. The molecular weight excluding hydrogens is 376 g/mol. The van der Waals surface area contributed by atoms with Crippen LogP contribution in [0.3, 0.4) is 0 Å². The number of alkyl halides is 3. The summed E-state index contributed by atoms with van der Waals surface area (Å²) in [5.74, 6) is -0.972. The molecule has 1 aliphatic heterocycles. The van der Waals surface area contributed by atoms with Crippen LogP contribution >= 0.6 is 0 Å². The second-order valence-corrected chi connectivity index (χ2v) is 8.36. The largest absolute Gasteiger partial charge is 0.396 e. The van der Waals surface area contributed by atoms with Crippen molar-refractivity contribution in [2.24, 2.45) is 21.6 Å². The SMILES string of the molecule is CN1C(=O)C(C)(C)[C@@](C)(c2cc(NCC3(C(F)(F)F)CC3)ccc2F)N=C1N. The number of carbonyl (C=O) groups is 1. The first kappa shape index (κ1) is 20.4. The number of nitrogens with two attached hydrogens (primary N) is 1. The number of nitrogens with zero attached hydrogens (tertiary/aromatic N) is 2. The van der Waals surface area contributed by atoms with Crippen molar-refractivity contribution in [1.29, 1.82) is 0 Å². The summed E-state index contributed by atoms with van der Waals surface area (Å²) in [6.07, 6.45) is -4.14. The van der Waals surface area contributed by atoms with Crippen molar-refractivity contribution in [3.05, 3.63) is 29.6 Å². The van der Waals surface area contributed by atoms with Crippen molar-refractivity contribution in [1.82, 2.24) is 4.90 Å². The Morgan fingerprint density at radius 3 is 2.39 bits per heavy atom. The molecule has 3 rings (SSSR count). The fourth-order valence-corrected chi connectivity index (χ4v) is 3.56. The molecule has 1 aliphatic carbocycles. The third-order valence-corrected chi connectivity index (χ3v) is 6.31. The van der Waals surface area contributed by atoms with Crippen LogP contribution in [0.5, 0.6) is 0 Å². The van der Waals surface area contributed by atoms with Gasteiger partial charge in [-0.05, 0) is 51.8 Å². The Bertz CT molecular complexity index is 845. The first-order chi connectivity index (χ1) is 12.8. The predicted molar refractivity (Wildman–Crippen MR) is 98.1 cm³/mol. The molecule has 0 unspecified atom stereocenters. The minimum absolute atomic E-state index is 0.0430. The highest BCUT2D eigenvalue weighted by molar-refractivity contribution is 6.01. The third kappa shape index (κ3) is 2.91. The maximum absolute atomic E-state index is 14.7. The van der Waals surface area contributed by atoms with Crippen molar-refractivity contribution in [3.63, 3.8) is 0 Å². The molecule has 0 bridgehead atoms. The van der Waals surface area contributed by atoms with Gasteiger partial charge in [0, 0.05) is 24.8 Å². The summed E-state index contributed by atoms with van der Waals surface area (Å²) in [4.78, 5) is 18.3. The number of aliphatic imine (C=N–C) groups is 1. The van der Waals surface area contributed by atoms with Gasteiger partial charge in [-0.1, -0.05) is 0 Å². The van der Waals surface area contributed by atoms with E-state index in [4.69, 9.17) is 5.73 Å². The second-order valence-electron chi connectivity index (χ2n) is 8.36. The molecule has 3 N–H and O–H groups in total. The maximum atomic E-state index is 14.7. The molecule has 0 radical (unpaired) electrons. The number of anilines is 1. The van der Waals surface area contributed by atoms with Crippen molar-refractivity contribution in [2.75, 3.05) is 18.9 Å². The second kappa shape index (κ2) is 6.09. The smallest absolute Gasteiger partial charge is 0.384 e. The number of nitrogens with one attached hydrogen (secondary N) is 1. The summed E-state index contributed by atoms with van der Waals surface area (Å²) in [6, 6.07) is 3.96. The van der Waals surface area contributed by atoms with Gasteiger partial charge in [-0.25, -0.2) is 9.38 Å². The van der Waals surface area contributed by atoms with Crippen molar-refractivity contribution >= 4 is 17.6 Å². The Balaban J connectivity index is 1.97. The first-order valence-electron chi connectivity index (χ1n) is 8.99. The Morgan fingerprint density at radius 2 is 1.86 bits per heavy atom. The number of halogens is 4. The highest BCUT2D eigenvalue weighted by Crippen LogP contribution is 2.57. The van der Waals surface area contributed by atoms with E-state index in [1.165, 1.54) is 30.1 Å². The molecule has 1 fully saturated rings. The van der Waals surface area contributed by atoms with Gasteiger partial charge in [-0.15, -0.1) is 0 Å². The predicted octanol–water partition coefficient (Wildman–Crippen LogP) is 3.61. The van der Waals surface area contributed by atoms with Gasteiger partial charge in [0.15, 0.2) is 5.96 Å². The lowest BCUT2D eigenvalue weighted by molar-refractivity contribution is -0.182. The van der Waals surface area contributed by atoms with E-state index in [1.54, 1.807) is 20.8 Å². The van der Waals surface area contributed by atoms with Crippen LogP contribution in [-0.2, 0) is 10.3 Å². The molecule has 9 heteroatoms. The molecule has 1 atom stereocenters. The fraction of sp³-hybridized carbons (Fsp3) is 0.579. The van der Waals surface area contributed by atoms with Crippen molar-refractivity contribution < 1.29 is 22.4 Å². The van der Waals surface area contributed by atoms with Crippen LogP contribution < -0.4 is 11.1 Å². The zero-order chi connectivity index (χ0) is 21.1. The fourth-order valence-electron chi connectivity index (χ4n) is 3.56. The van der Waals surface area contributed by atoms with Gasteiger partial charge in [0.05, 0.1) is 10.8 Å². The van der Waals surface area contributed by atoms with Gasteiger partial charge in [0.1, 0.15) is 11.4 Å². The number of rotatable bonds is 4. The van der Waals surface area contributed by atoms with E-state index in [1.807, 2.05) is 0 Å². The lowest BCUT2D eigenvalue weighted by atomic mass is 9.67. The molecular formula is C19H24F4N4O. The molecule has 1 aromatic carbocycles. The first-order valence-corrected chi connectivity index (χ1v) is 8.99. The molecule has 154 valence electrons. The van der Waals surface area contributed by atoms with Crippen molar-refractivity contribution in [2.45, 2.75) is 45.3 Å². The normalized spacial score (nSPS) is 26.1. The van der Waals surface area contributed by atoms with Crippen LogP contribution in [0.15, 0.2) is 23.2 Å². The Morgan fingerprint density at radius 1 is 1.25 bits per heavy atom. The van der Waals surface area contributed by atoms with Crippen LogP contribution in [-0.4, -0.2) is 36.5 Å². The van der Waals surface area contributed by atoms with Gasteiger partial charge >= 0.3 is 6.18 Å². The zero-order valence-corrected chi connectivity index (χ0v) is 16.2. The molecule has 1 saturated carbocycles. The van der Waals surface area contributed by atoms with Crippen LogP contribution in [0.2, 0.25) is 0 Å². The third-order valence-electron chi connectivity index (χ3n) is 6.31. The topological polar surface area (TPSA) is 70.7 Å². The van der Waals surface area contributed by atoms with Crippen LogP contribution in [0.1, 0.15) is 39.2 Å². The van der Waals surface area contributed by atoms with Gasteiger partial charge in [0.25, 0.3) is 0 Å². The van der Waals surface area contributed by atoms with Crippen LogP contribution in [0.25, 0.3) is 0 Å². The number of amides is 1. The van der Waals surface area contributed by atoms with Gasteiger partial charge < -0.3 is 11.1 Å². The van der Waals surface area contributed by atoms with Crippen LogP contribution in [0, 0.1) is 16.6 Å². The van der Waals surface area contributed by atoms with E-state index in [9.17, 15) is 22.4 Å². The van der Waals surface area contributed by atoms with Gasteiger partial charge in [0.2, 0.25) is 5.91 Å². The number of guanidine groups is 1. The van der Waals surface area contributed by atoms with Gasteiger partial charge in [-0.2, -0.15) is 13.2 Å². The van der Waals surface area contributed by atoms with E-state index in [2.05, 4.69) is 10.3 Å². The Kier molecular flexibility index (Phi) is 4.44. The van der Waals surface area contributed by atoms with E-state index in [0.29, 0.717) is 5.69 Å². The average Bonchev–Trinajstić information content (AvgIpc) is 3.39. The quantitative estimate of drug-likeness (QED) is 0.759. The number of hydrogen-bond donors (Lipinski definition) is 2. The van der Waals surface area contributed by atoms with E-state index in [-0.39, 0.29) is 36.8 Å². The number of benzene rings is 1. The zero-order valence-electron chi connectivity index (χ0n) is 16.2. The molecule has 1 aromatic rings. The van der Waals surface area contributed by atoms with E-state index < -0.39 is 28.4 Å². The standard InChI is InChI=1S/C19H24F4N4O/c1-16(2)14(28)27(4)15(24)26-17(16,3)12-9-11(5-6-13(12)20)25-10-18(7-8-18)19(21,22)23/h5-6,9,25H,7-8,10H2,1-4H3,(H2,24,26)/t17-/m1/s1. The Labute approximate surface area is 161 Å². The summed E-state index contributed by atoms with van der Waals surface area (Å²) in [5.41, 5.74) is 2.13. The summed E-state index contributed by atoms with van der Waals surface area (Å²) >= 11 is 0. The molecule has 1 amide bonds. The highest BCUT2D eigenvalue weighted by Gasteiger charge is 2.63. The Hall–Kier alpha value is -2.32. The van der Waals surface area contributed by atoms with Crippen molar-refractivity contribution in [3.8, 4) is 0 Å². The number of hydrogen-bond acceptors (Lipinski definition) is 4. The molecule has 0 saturated heterocycles. The molecule has 28 heavy (non-hydrogen) atoms. The minimum Gasteiger partial charge on any atom is -0.384 e. The molecule has 0 aromatic heterocycles. The summed E-state index contributed by atoms with van der Waals surface area (Å²) < 4.78 is 54.2. The summed E-state index contributed by atoms with van der Waals surface area (Å²) in [6.45, 7) is 4.61. The van der Waals surface area contributed by atoms with E-state index in [0.717, 1.165) is 0 Å². The molecule has 1 heterocycles. The lowest BCUT2D eigenvalue weighted by Crippen LogP contribution is -2.58. The molecule has 5 nitrogen and oxygen atoms in total. The van der Waals surface area contributed by atoms with Gasteiger partial charge in [-0.3, -0.25) is 9.69 Å². The summed E-state index contributed by atoms with van der Waals surface area (Å²) in [7, 11) is 1.49. The molecule has 0 spiro atoms. The minimum atomic E-state index is -4.28. The monoisotopic (exact) mass is 400 g/mol. The average molecular weight is 400 g/mol. The van der Waals surface area contributed by atoms with Crippen LogP contribution in [0.4, 0.5) is 23.2 Å². The number of carbonyl (C=O) groups excluding carboxylic acids is 1. The highest BCUT2D eigenvalue weighted by atomic mass is 19.4. The van der Waals surface area contributed by atoms with E-state index >= 15 is 0 Å². The summed E-state index contributed by atoms with van der Waals surface area (Å²) in [5, 5.41) is 2.77.